The van der Waals surface area contributed by atoms with E-state index in [9.17, 15) is 36.1 Å². The predicted octanol–water partition coefficient (Wildman–Crippen LogP) is 9.34. The molecule has 8 atom stereocenters. The third-order valence-corrected chi connectivity index (χ3v) is 13.9. The van der Waals surface area contributed by atoms with E-state index in [4.69, 9.17) is 0 Å². The van der Waals surface area contributed by atoms with E-state index in [-0.39, 0.29) is 22.4 Å². The Kier molecular flexibility index (Phi) is 11.0. The van der Waals surface area contributed by atoms with Gasteiger partial charge in [0.25, 0.3) is 0 Å². The third-order valence-electron chi connectivity index (χ3n) is 12.4. The first-order chi connectivity index (χ1) is 20.0. The number of unbranched alkanes of at least 4 members (excludes halogenated alkanes) is 6. The molecular weight excluding hydrogens is 583 g/mol. The van der Waals surface area contributed by atoms with Crippen LogP contribution in [0.25, 0.3) is 0 Å². The molecular formula is C34H53F5O3S. The standard InChI is InChI=1S/C34H53F5O3S/c1-30-17-13-26(40)23-25(30)22-24(29-27(30)14-18-31(2)28(29)15-19-32(31,3)41)12-9-7-5-4-6-8-10-20-43(42)21-11-16-33(35,36)34(37,38)39/h23-24,27-29,41H,4-22H2,1-3H3/t24-,27+,28+,29-,30+,31+,32+,43?/m1/s1. The number of hydrogen-bond acceptors (Lipinski definition) is 3. The van der Waals surface area contributed by atoms with Crippen LogP contribution in [0.4, 0.5) is 22.0 Å². The zero-order chi connectivity index (χ0) is 31.7. The summed E-state index contributed by atoms with van der Waals surface area (Å²) in [5.41, 5.74) is 0.852. The Morgan fingerprint density at radius 2 is 1.47 bits per heavy atom. The molecule has 0 aromatic carbocycles. The SMILES string of the molecule is C[C@]12CCC(=O)C=C1C[C@@H](CCCCCCCCCS(=O)CCCC(F)(F)C(F)(F)F)[C@@H]1[C@@H]2CC[C@@]2(C)[C@H]1CC[C@]2(C)O. The maximum Gasteiger partial charge on any atom is 0.453 e. The second-order valence-corrected chi connectivity index (χ2v) is 16.7. The van der Waals surface area contributed by atoms with E-state index >= 15 is 0 Å². The number of carbonyl (C=O) groups excluding carboxylic acids is 1. The van der Waals surface area contributed by atoms with E-state index in [1.54, 1.807) is 0 Å². The first-order valence-corrected chi connectivity index (χ1v) is 18.3. The van der Waals surface area contributed by atoms with Crippen LogP contribution in [0.5, 0.6) is 0 Å². The summed E-state index contributed by atoms with van der Waals surface area (Å²) >= 11 is 0. The average molecular weight is 637 g/mol. The molecule has 0 bridgehead atoms. The van der Waals surface area contributed by atoms with Gasteiger partial charge in [0.05, 0.1) is 5.60 Å². The number of hydrogen-bond donors (Lipinski definition) is 1. The normalized spacial score (nSPS) is 37.0. The second kappa shape index (κ2) is 13.5. The van der Waals surface area contributed by atoms with Crippen LogP contribution in [0.3, 0.4) is 0 Å². The Morgan fingerprint density at radius 3 is 2.14 bits per heavy atom. The summed E-state index contributed by atoms with van der Waals surface area (Å²) < 4.78 is 74.7. The fourth-order valence-corrected chi connectivity index (χ4v) is 10.7. The van der Waals surface area contributed by atoms with Crippen molar-refractivity contribution in [2.24, 2.45) is 34.5 Å². The Balaban J connectivity index is 1.19. The Hall–Kier alpha value is -0.830. The van der Waals surface area contributed by atoms with Crippen molar-refractivity contribution in [1.29, 1.82) is 0 Å². The van der Waals surface area contributed by atoms with Crippen LogP contribution in [0, 0.1) is 34.5 Å². The Morgan fingerprint density at radius 1 is 0.860 bits per heavy atom. The number of fused-ring (bicyclic) bond motifs is 5. The fraction of sp³-hybridized carbons (Fsp3) is 0.912. The van der Waals surface area contributed by atoms with Crippen LogP contribution < -0.4 is 0 Å². The molecule has 248 valence electrons. The van der Waals surface area contributed by atoms with Gasteiger partial charge in [-0.2, -0.15) is 22.0 Å². The molecule has 1 N–H and O–H groups in total. The number of aliphatic hydroxyl groups is 1. The molecule has 0 spiro atoms. The predicted molar refractivity (Wildman–Crippen MR) is 161 cm³/mol. The largest absolute Gasteiger partial charge is 0.453 e. The lowest BCUT2D eigenvalue weighted by atomic mass is 9.44. The molecule has 4 aliphatic carbocycles. The monoisotopic (exact) mass is 636 g/mol. The Bertz CT molecular complexity index is 1040. The topological polar surface area (TPSA) is 54.4 Å². The maximum absolute atomic E-state index is 13.0. The summed E-state index contributed by atoms with van der Waals surface area (Å²) in [6, 6.07) is 0. The molecule has 0 radical (unpaired) electrons. The molecule has 0 amide bonds. The highest BCUT2D eigenvalue weighted by molar-refractivity contribution is 7.84. The van der Waals surface area contributed by atoms with Gasteiger partial charge in [0, 0.05) is 35.1 Å². The maximum atomic E-state index is 13.0. The summed E-state index contributed by atoms with van der Waals surface area (Å²) in [6.45, 7) is 6.80. The van der Waals surface area contributed by atoms with Crippen molar-refractivity contribution in [3.05, 3.63) is 11.6 Å². The molecule has 3 fully saturated rings. The van der Waals surface area contributed by atoms with Gasteiger partial charge >= 0.3 is 12.1 Å². The third kappa shape index (κ3) is 7.44. The van der Waals surface area contributed by atoms with Crippen molar-refractivity contribution in [1.82, 2.24) is 0 Å². The number of halogens is 5. The van der Waals surface area contributed by atoms with Gasteiger partial charge in [0.2, 0.25) is 0 Å². The summed E-state index contributed by atoms with van der Waals surface area (Å²) in [5, 5.41) is 11.4. The van der Waals surface area contributed by atoms with Gasteiger partial charge in [0.1, 0.15) is 0 Å². The quantitative estimate of drug-likeness (QED) is 0.153. The molecule has 3 saturated carbocycles. The smallest absolute Gasteiger partial charge is 0.390 e. The van der Waals surface area contributed by atoms with Gasteiger partial charge < -0.3 is 5.11 Å². The van der Waals surface area contributed by atoms with Crippen molar-refractivity contribution in [3.63, 3.8) is 0 Å². The molecule has 4 rings (SSSR count). The summed E-state index contributed by atoms with van der Waals surface area (Å²) in [5.74, 6) is -1.91. The van der Waals surface area contributed by atoms with E-state index in [2.05, 4.69) is 20.8 Å². The van der Waals surface area contributed by atoms with Gasteiger partial charge in [-0.1, -0.05) is 57.9 Å². The highest BCUT2D eigenvalue weighted by Gasteiger charge is 2.64. The van der Waals surface area contributed by atoms with Crippen LogP contribution in [-0.4, -0.2) is 44.3 Å². The van der Waals surface area contributed by atoms with E-state index in [0.29, 0.717) is 42.3 Å². The Labute approximate surface area is 257 Å². The minimum absolute atomic E-state index is 0.0354. The lowest BCUT2D eigenvalue weighted by Gasteiger charge is -2.61. The van der Waals surface area contributed by atoms with Crippen LogP contribution >= 0.6 is 0 Å². The van der Waals surface area contributed by atoms with Crippen LogP contribution in [0.2, 0.25) is 0 Å². The molecule has 9 heteroatoms. The number of ketones is 1. The van der Waals surface area contributed by atoms with E-state index in [1.807, 2.05) is 6.08 Å². The number of carbonyl (C=O) groups is 1. The fourth-order valence-electron chi connectivity index (χ4n) is 9.50. The first kappa shape index (κ1) is 35.0. The number of alkyl halides is 5. The van der Waals surface area contributed by atoms with Crippen molar-refractivity contribution in [2.45, 2.75) is 148 Å². The van der Waals surface area contributed by atoms with Gasteiger partial charge in [-0.3, -0.25) is 9.00 Å². The van der Waals surface area contributed by atoms with Crippen molar-refractivity contribution < 1.29 is 36.1 Å². The summed E-state index contributed by atoms with van der Waals surface area (Å²) in [4.78, 5) is 12.4. The van der Waals surface area contributed by atoms with E-state index in [0.717, 1.165) is 83.5 Å². The number of allylic oxidation sites excluding steroid dienone is 1. The first-order valence-electron chi connectivity index (χ1n) is 16.8. The van der Waals surface area contributed by atoms with Gasteiger partial charge in [-0.25, -0.2) is 0 Å². The molecule has 3 nitrogen and oxygen atoms in total. The zero-order valence-corrected chi connectivity index (χ0v) is 27.2. The van der Waals surface area contributed by atoms with Gasteiger partial charge in [-0.05, 0) is 105 Å². The minimum atomic E-state index is -5.54. The molecule has 4 aliphatic rings. The highest BCUT2D eigenvalue weighted by Crippen LogP contribution is 2.69. The zero-order valence-electron chi connectivity index (χ0n) is 26.4. The summed E-state index contributed by atoms with van der Waals surface area (Å²) in [7, 11) is -1.36. The van der Waals surface area contributed by atoms with E-state index < -0.39 is 41.3 Å². The van der Waals surface area contributed by atoms with Crippen LogP contribution in [-0.2, 0) is 15.6 Å². The second-order valence-electron chi connectivity index (χ2n) is 15.0. The van der Waals surface area contributed by atoms with Crippen molar-refractivity contribution >= 4 is 16.6 Å². The number of rotatable bonds is 14. The highest BCUT2D eigenvalue weighted by atomic mass is 32.2. The van der Waals surface area contributed by atoms with E-state index in [1.165, 1.54) is 5.57 Å². The molecule has 43 heavy (non-hydrogen) atoms. The van der Waals surface area contributed by atoms with Crippen molar-refractivity contribution in [3.8, 4) is 0 Å². The molecule has 1 unspecified atom stereocenters. The lowest BCUT2D eigenvalue weighted by molar-refractivity contribution is -0.284. The molecule has 0 heterocycles. The average Bonchev–Trinajstić information content (AvgIpc) is 3.16. The van der Waals surface area contributed by atoms with Gasteiger partial charge in [0.15, 0.2) is 5.78 Å². The summed E-state index contributed by atoms with van der Waals surface area (Å²) in [6.07, 6.45) is 9.78. The van der Waals surface area contributed by atoms with Crippen LogP contribution in [0.1, 0.15) is 130 Å². The van der Waals surface area contributed by atoms with Crippen LogP contribution in [0.15, 0.2) is 11.6 Å². The lowest BCUT2D eigenvalue weighted by Crippen LogP contribution is -2.56. The minimum Gasteiger partial charge on any atom is -0.390 e. The van der Waals surface area contributed by atoms with Gasteiger partial charge in [-0.15, -0.1) is 0 Å². The molecule has 0 saturated heterocycles. The molecule has 0 aliphatic heterocycles. The molecule has 0 aromatic heterocycles. The molecule has 0 aromatic rings. The van der Waals surface area contributed by atoms with Crippen molar-refractivity contribution in [2.75, 3.05) is 11.5 Å².